The highest BCUT2D eigenvalue weighted by Gasteiger charge is 2.23. The lowest BCUT2D eigenvalue weighted by molar-refractivity contribution is -0.123. The minimum Gasteiger partial charge on any atom is -0.396 e. The Bertz CT molecular complexity index is 482. The number of aromatic nitrogens is 1. The van der Waals surface area contributed by atoms with Gasteiger partial charge in [-0.05, 0) is 18.1 Å². The summed E-state index contributed by atoms with van der Waals surface area (Å²) in [6.45, 7) is 11.8. The van der Waals surface area contributed by atoms with Crippen LogP contribution in [-0.4, -0.2) is 22.6 Å². The fourth-order valence-electron chi connectivity index (χ4n) is 1.51. The summed E-state index contributed by atoms with van der Waals surface area (Å²) in [4.78, 5) is 16.5. The number of amides is 1. The zero-order valence-electron chi connectivity index (χ0n) is 13.3. The lowest BCUT2D eigenvalue weighted by Gasteiger charge is -2.21. The van der Waals surface area contributed by atoms with Crippen LogP contribution in [0.15, 0.2) is 6.07 Å². The predicted molar refractivity (Wildman–Crippen MR) is 80.6 cm³/mol. The Hall–Kier alpha value is -1.42. The Kier molecular flexibility index (Phi) is 4.92. The van der Waals surface area contributed by atoms with Crippen LogP contribution < -0.4 is 5.32 Å². The molecule has 0 aliphatic heterocycles. The fraction of sp³-hybridized carbons (Fsp3) is 0.625. The Morgan fingerprint density at radius 1 is 1.30 bits per heavy atom. The summed E-state index contributed by atoms with van der Waals surface area (Å²) in [5.74, 6) is 0.447. The molecule has 4 nitrogen and oxygen atoms in total. The minimum absolute atomic E-state index is 0.0523. The molecule has 1 aromatic heterocycles. The molecule has 2 N–H and O–H groups in total. The van der Waals surface area contributed by atoms with E-state index in [1.54, 1.807) is 6.07 Å². The van der Waals surface area contributed by atoms with Gasteiger partial charge >= 0.3 is 0 Å². The molecular weight excluding hydrogens is 252 g/mol. The van der Waals surface area contributed by atoms with Crippen molar-refractivity contribution in [1.29, 1.82) is 0 Å². The van der Waals surface area contributed by atoms with Crippen molar-refractivity contribution in [3.05, 3.63) is 23.4 Å². The fourth-order valence-corrected chi connectivity index (χ4v) is 1.51. The summed E-state index contributed by atoms with van der Waals surface area (Å²) in [5.41, 5.74) is 1.01. The topological polar surface area (TPSA) is 62.2 Å². The van der Waals surface area contributed by atoms with E-state index in [0.717, 1.165) is 11.3 Å². The molecule has 20 heavy (non-hydrogen) atoms. The number of hydrogen-bond donors (Lipinski definition) is 2. The molecule has 0 saturated heterocycles. The van der Waals surface area contributed by atoms with Gasteiger partial charge in [-0.2, -0.15) is 0 Å². The molecule has 0 bridgehead atoms. The first kappa shape index (κ1) is 16.6. The first-order valence-electron chi connectivity index (χ1n) is 6.90. The van der Waals surface area contributed by atoms with E-state index in [9.17, 15) is 4.79 Å². The van der Waals surface area contributed by atoms with E-state index in [2.05, 4.69) is 16.4 Å². The molecule has 0 saturated carbocycles. The van der Waals surface area contributed by atoms with Crippen LogP contribution in [0.3, 0.4) is 0 Å². The van der Waals surface area contributed by atoms with Crippen LogP contribution in [0.1, 0.15) is 52.8 Å². The minimum atomic E-state index is -0.472. The summed E-state index contributed by atoms with van der Waals surface area (Å²) in [6.07, 6.45) is 0.504. The number of anilines is 1. The number of aliphatic hydroxyl groups excluding tert-OH is 1. The van der Waals surface area contributed by atoms with E-state index in [1.165, 1.54) is 0 Å². The Morgan fingerprint density at radius 2 is 1.90 bits per heavy atom. The van der Waals surface area contributed by atoms with Gasteiger partial charge in [0, 0.05) is 23.5 Å². The molecule has 111 valence electrons. The van der Waals surface area contributed by atoms with Crippen LogP contribution in [0.2, 0.25) is 0 Å². The number of carbonyl (C=O) groups is 1. The van der Waals surface area contributed by atoms with Crippen LogP contribution in [0, 0.1) is 11.5 Å². The van der Waals surface area contributed by atoms with Gasteiger partial charge in [0.05, 0.1) is 5.69 Å². The number of rotatable bonds is 3. The number of pyridine rings is 1. The van der Waals surface area contributed by atoms with Crippen molar-refractivity contribution in [2.75, 3.05) is 11.9 Å². The average Bonchev–Trinajstić information content (AvgIpc) is 2.26. The highest BCUT2D eigenvalue weighted by molar-refractivity contribution is 5.93. The molecule has 0 atom stereocenters. The van der Waals surface area contributed by atoms with Gasteiger partial charge in [0.1, 0.15) is 5.82 Å². The molecular formula is C16H25N2O2. The van der Waals surface area contributed by atoms with Crippen LogP contribution in [0.25, 0.3) is 0 Å². The summed E-state index contributed by atoms with van der Waals surface area (Å²) >= 11 is 0. The normalized spacial score (nSPS) is 12.3. The van der Waals surface area contributed by atoms with Crippen LogP contribution in [0.4, 0.5) is 5.82 Å². The van der Waals surface area contributed by atoms with Crippen LogP contribution in [0.5, 0.6) is 0 Å². The summed E-state index contributed by atoms with van der Waals surface area (Å²) in [5, 5.41) is 11.9. The van der Waals surface area contributed by atoms with Crippen LogP contribution in [-0.2, 0) is 16.6 Å². The second-order valence-electron chi connectivity index (χ2n) is 7.07. The number of nitrogens with zero attached hydrogens (tertiary/aromatic N) is 1. The molecule has 0 unspecified atom stereocenters. The molecule has 1 rings (SSSR count). The van der Waals surface area contributed by atoms with Crippen molar-refractivity contribution in [1.82, 2.24) is 4.98 Å². The Morgan fingerprint density at radius 3 is 2.35 bits per heavy atom. The third kappa shape index (κ3) is 4.60. The van der Waals surface area contributed by atoms with Gasteiger partial charge in [0.2, 0.25) is 5.91 Å². The van der Waals surface area contributed by atoms with Gasteiger partial charge in [-0.15, -0.1) is 0 Å². The Balaban J connectivity index is 3.13. The van der Waals surface area contributed by atoms with E-state index in [1.807, 2.05) is 41.5 Å². The first-order chi connectivity index (χ1) is 9.04. The molecule has 1 aromatic rings. The molecule has 0 aromatic carbocycles. The number of carbonyl (C=O) groups excluding carboxylic acids is 1. The second kappa shape index (κ2) is 5.92. The average molecular weight is 277 g/mol. The lowest BCUT2D eigenvalue weighted by atomic mass is 9.90. The monoisotopic (exact) mass is 277 g/mol. The smallest absolute Gasteiger partial charge is 0.230 e. The van der Waals surface area contributed by atoms with E-state index in [0.29, 0.717) is 12.2 Å². The molecule has 4 heteroatoms. The molecule has 1 amide bonds. The van der Waals surface area contributed by atoms with Crippen molar-refractivity contribution in [2.45, 2.75) is 53.4 Å². The third-order valence-electron chi connectivity index (χ3n) is 2.84. The summed E-state index contributed by atoms with van der Waals surface area (Å²) < 4.78 is 0. The van der Waals surface area contributed by atoms with Gasteiger partial charge < -0.3 is 10.4 Å². The third-order valence-corrected chi connectivity index (χ3v) is 2.84. The summed E-state index contributed by atoms with van der Waals surface area (Å²) in [6, 6.07) is 4.99. The zero-order chi connectivity index (χ0) is 15.6. The lowest BCUT2D eigenvalue weighted by Crippen LogP contribution is -2.28. The first-order valence-corrected chi connectivity index (χ1v) is 6.90. The SMILES string of the molecule is CC(C)(C)C(=O)Nc1cc(CCO)[c]c(C(C)(C)C)n1. The number of nitrogens with one attached hydrogen (secondary N) is 1. The Labute approximate surface area is 121 Å². The van der Waals surface area contributed by atoms with Gasteiger partial charge in [0.25, 0.3) is 0 Å². The molecule has 0 aliphatic carbocycles. The van der Waals surface area contributed by atoms with E-state index >= 15 is 0 Å². The van der Waals surface area contributed by atoms with Gasteiger partial charge in [-0.25, -0.2) is 4.98 Å². The van der Waals surface area contributed by atoms with Crippen LogP contribution >= 0.6 is 0 Å². The van der Waals surface area contributed by atoms with E-state index in [4.69, 9.17) is 5.11 Å². The maximum Gasteiger partial charge on any atom is 0.230 e. The van der Waals surface area contributed by atoms with E-state index < -0.39 is 5.41 Å². The highest BCUT2D eigenvalue weighted by Crippen LogP contribution is 2.24. The van der Waals surface area contributed by atoms with Crippen molar-refractivity contribution >= 4 is 11.7 Å². The number of aliphatic hydroxyl groups is 1. The second-order valence-corrected chi connectivity index (χ2v) is 7.07. The number of hydrogen-bond acceptors (Lipinski definition) is 3. The van der Waals surface area contributed by atoms with Crippen molar-refractivity contribution in [3.63, 3.8) is 0 Å². The standard InChI is InChI=1S/C16H25N2O2/c1-15(2,3)12-9-11(7-8-19)10-13(17-12)18-14(20)16(4,5)6/h10,19H,7-8H2,1-6H3,(H,17,18,20). The van der Waals surface area contributed by atoms with Crippen molar-refractivity contribution in [3.8, 4) is 0 Å². The largest absolute Gasteiger partial charge is 0.396 e. The van der Waals surface area contributed by atoms with Crippen molar-refractivity contribution < 1.29 is 9.90 Å². The quantitative estimate of drug-likeness (QED) is 0.893. The maximum atomic E-state index is 12.1. The molecule has 0 aliphatic rings. The van der Waals surface area contributed by atoms with Gasteiger partial charge in [0.15, 0.2) is 0 Å². The highest BCUT2D eigenvalue weighted by atomic mass is 16.3. The van der Waals surface area contributed by atoms with Gasteiger partial charge in [-0.3, -0.25) is 4.79 Å². The van der Waals surface area contributed by atoms with Gasteiger partial charge in [-0.1, -0.05) is 41.5 Å². The van der Waals surface area contributed by atoms with E-state index in [-0.39, 0.29) is 17.9 Å². The summed E-state index contributed by atoms with van der Waals surface area (Å²) in [7, 11) is 0. The molecule has 0 fully saturated rings. The van der Waals surface area contributed by atoms with Crippen molar-refractivity contribution in [2.24, 2.45) is 5.41 Å². The molecule has 1 heterocycles. The zero-order valence-corrected chi connectivity index (χ0v) is 13.3. The predicted octanol–water partition coefficient (Wildman–Crippen LogP) is 2.70. The molecule has 1 radical (unpaired) electrons. The maximum absolute atomic E-state index is 12.1. The molecule has 0 spiro atoms.